The van der Waals surface area contributed by atoms with Crippen molar-refractivity contribution in [3.8, 4) is 11.8 Å². The molecule has 1 aliphatic rings. The molecule has 27 heavy (non-hydrogen) atoms. The summed E-state index contributed by atoms with van der Waals surface area (Å²) in [6, 6.07) is 5.28. The number of sulfonamides is 1. The Balaban J connectivity index is 1.44. The molecule has 0 aliphatic carbocycles. The Bertz CT molecular complexity index is 1030. The summed E-state index contributed by atoms with van der Waals surface area (Å²) in [7, 11) is -2.09. The first-order chi connectivity index (χ1) is 13.1. The van der Waals surface area contributed by atoms with Gasteiger partial charge in [-0.25, -0.2) is 8.42 Å². The first-order valence-corrected chi connectivity index (χ1v) is 10.5. The van der Waals surface area contributed by atoms with Gasteiger partial charge in [0.05, 0.1) is 31.2 Å². The maximum Gasteiger partial charge on any atom is 0.316 e. The van der Waals surface area contributed by atoms with E-state index in [9.17, 15) is 8.42 Å². The van der Waals surface area contributed by atoms with Crippen LogP contribution in [0.5, 0.6) is 11.8 Å². The van der Waals surface area contributed by atoms with Crippen LogP contribution in [0.15, 0.2) is 35.5 Å². The average Bonchev–Trinajstić information content (AvgIpc) is 3.18. The van der Waals surface area contributed by atoms with Crippen molar-refractivity contribution in [3.63, 3.8) is 0 Å². The predicted molar refractivity (Wildman–Crippen MR) is 98.4 cm³/mol. The zero-order chi connectivity index (χ0) is 18.9. The van der Waals surface area contributed by atoms with Gasteiger partial charge in [-0.05, 0) is 25.0 Å². The fraction of sp³-hybridized carbons (Fsp3) is 0.375. The number of rotatable bonds is 5. The van der Waals surface area contributed by atoms with E-state index < -0.39 is 10.0 Å². The highest BCUT2D eigenvalue weighted by Crippen LogP contribution is 2.27. The SMILES string of the molecule is COc1cnc(OC2CCN(S(=O)(=O)c3cccc4nsnc34)CC2)nc1. The van der Waals surface area contributed by atoms with Gasteiger partial charge in [-0.1, -0.05) is 6.07 Å². The van der Waals surface area contributed by atoms with Crippen LogP contribution in [0.3, 0.4) is 0 Å². The summed E-state index contributed by atoms with van der Waals surface area (Å²) in [5.41, 5.74) is 1.02. The first kappa shape index (κ1) is 18.0. The number of benzene rings is 1. The van der Waals surface area contributed by atoms with Crippen LogP contribution in [0.1, 0.15) is 12.8 Å². The monoisotopic (exact) mass is 407 g/mol. The van der Waals surface area contributed by atoms with E-state index in [1.165, 1.54) is 23.8 Å². The first-order valence-electron chi connectivity index (χ1n) is 8.32. The van der Waals surface area contributed by atoms with Gasteiger partial charge in [0.1, 0.15) is 22.0 Å². The lowest BCUT2D eigenvalue weighted by Crippen LogP contribution is -2.41. The second-order valence-corrected chi connectivity index (χ2v) is 8.45. The standard InChI is InChI=1S/C16H17N5O4S2/c1-24-12-9-17-16(18-10-12)25-11-5-7-21(8-6-11)27(22,23)14-4-2-3-13-15(14)20-26-19-13/h2-4,9-11H,5-8H2,1H3. The molecule has 9 nitrogen and oxygen atoms in total. The minimum absolute atomic E-state index is 0.137. The summed E-state index contributed by atoms with van der Waals surface area (Å²) in [6.45, 7) is 0.716. The molecular weight excluding hydrogens is 390 g/mol. The molecule has 2 aromatic heterocycles. The molecule has 3 heterocycles. The molecular formula is C16H17N5O4S2. The predicted octanol–water partition coefficient (Wildman–Crippen LogP) is 1.72. The van der Waals surface area contributed by atoms with Gasteiger partial charge < -0.3 is 9.47 Å². The van der Waals surface area contributed by atoms with Gasteiger partial charge in [-0.3, -0.25) is 0 Å². The van der Waals surface area contributed by atoms with E-state index in [4.69, 9.17) is 9.47 Å². The number of nitrogens with zero attached hydrogens (tertiary/aromatic N) is 5. The van der Waals surface area contributed by atoms with Gasteiger partial charge in [0.15, 0.2) is 5.75 Å². The highest BCUT2D eigenvalue weighted by Gasteiger charge is 2.32. The fourth-order valence-corrected chi connectivity index (χ4v) is 5.16. The molecule has 11 heteroatoms. The van der Waals surface area contributed by atoms with Gasteiger partial charge in [0, 0.05) is 13.1 Å². The summed E-state index contributed by atoms with van der Waals surface area (Å²) >= 11 is 1.01. The lowest BCUT2D eigenvalue weighted by molar-refractivity contribution is 0.124. The Morgan fingerprint density at radius 3 is 2.59 bits per heavy atom. The molecule has 4 rings (SSSR count). The zero-order valence-corrected chi connectivity index (χ0v) is 16.1. The van der Waals surface area contributed by atoms with Crippen LogP contribution in [0.4, 0.5) is 0 Å². The van der Waals surface area contributed by atoms with Gasteiger partial charge in [0.25, 0.3) is 0 Å². The van der Waals surface area contributed by atoms with Crippen molar-refractivity contribution >= 4 is 32.8 Å². The summed E-state index contributed by atoms with van der Waals surface area (Å²) < 4.78 is 46.5. The van der Waals surface area contributed by atoms with Crippen LogP contribution in [-0.2, 0) is 10.0 Å². The Morgan fingerprint density at radius 2 is 1.89 bits per heavy atom. The molecule has 0 N–H and O–H groups in total. The summed E-state index contributed by atoms with van der Waals surface area (Å²) in [5.74, 6) is 0.550. The van der Waals surface area contributed by atoms with Crippen LogP contribution in [-0.4, -0.2) is 57.7 Å². The topological polar surface area (TPSA) is 107 Å². The molecule has 142 valence electrons. The Hall–Kier alpha value is -2.37. The molecule has 0 spiro atoms. The molecule has 0 radical (unpaired) electrons. The largest absolute Gasteiger partial charge is 0.494 e. The Kier molecular flexibility index (Phi) is 4.89. The molecule has 1 aliphatic heterocycles. The second kappa shape index (κ2) is 7.33. The Labute approximate surface area is 160 Å². The number of fused-ring (bicyclic) bond motifs is 1. The average molecular weight is 407 g/mol. The van der Waals surface area contributed by atoms with Crippen LogP contribution in [0, 0.1) is 0 Å². The van der Waals surface area contributed by atoms with Gasteiger partial charge >= 0.3 is 6.01 Å². The maximum atomic E-state index is 13.0. The van der Waals surface area contributed by atoms with E-state index in [2.05, 4.69) is 18.7 Å². The molecule has 0 unspecified atom stereocenters. The molecule has 0 atom stereocenters. The van der Waals surface area contributed by atoms with Crippen molar-refractivity contribution in [3.05, 3.63) is 30.6 Å². The van der Waals surface area contributed by atoms with Crippen LogP contribution in [0.25, 0.3) is 11.0 Å². The number of piperidine rings is 1. The maximum absolute atomic E-state index is 13.0. The van der Waals surface area contributed by atoms with Crippen molar-refractivity contribution in [2.75, 3.05) is 20.2 Å². The molecule has 0 amide bonds. The van der Waals surface area contributed by atoms with Crippen LogP contribution < -0.4 is 9.47 Å². The van der Waals surface area contributed by atoms with E-state index in [0.29, 0.717) is 42.7 Å². The molecule has 1 fully saturated rings. The van der Waals surface area contributed by atoms with E-state index in [0.717, 1.165) is 11.7 Å². The molecule has 1 aromatic carbocycles. The number of ether oxygens (including phenoxy) is 2. The lowest BCUT2D eigenvalue weighted by atomic mass is 10.1. The smallest absolute Gasteiger partial charge is 0.316 e. The van der Waals surface area contributed by atoms with Gasteiger partial charge in [-0.2, -0.15) is 23.0 Å². The third-order valence-corrected chi connectivity index (χ3v) is 6.85. The van der Waals surface area contributed by atoms with Gasteiger partial charge in [-0.15, -0.1) is 0 Å². The van der Waals surface area contributed by atoms with Crippen molar-refractivity contribution in [1.82, 2.24) is 23.0 Å². The summed E-state index contributed by atoms with van der Waals surface area (Å²) in [4.78, 5) is 8.37. The summed E-state index contributed by atoms with van der Waals surface area (Å²) in [6.07, 6.45) is 4.04. The molecule has 3 aromatic rings. The second-order valence-electron chi connectivity index (χ2n) is 6.01. The fourth-order valence-electron chi connectivity index (χ4n) is 2.94. The quantitative estimate of drug-likeness (QED) is 0.629. The van der Waals surface area contributed by atoms with Gasteiger partial charge in [0.2, 0.25) is 10.0 Å². The third kappa shape index (κ3) is 3.57. The minimum Gasteiger partial charge on any atom is -0.494 e. The molecule has 1 saturated heterocycles. The van der Waals surface area contributed by atoms with Crippen LogP contribution in [0.2, 0.25) is 0 Å². The van der Waals surface area contributed by atoms with Crippen molar-refractivity contribution in [2.45, 2.75) is 23.8 Å². The molecule has 0 saturated carbocycles. The van der Waals surface area contributed by atoms with Crippen molar-refractivity contribution in [1.29, 1.82) is 0 Å². The van der Waals surface area contributed by atoms with Crippen molar-refractivity contribution in [2.24, 2.45) is 0 Å². The number of hydrogen-bond acceptors (Lipinski definition) is 9. The van der Waals surface area contributed by atoms with E-state index >= 15 is 0 Å². The highest BCUT2D eigenvalue weighted by molar-refractivity contribution is 7.89. The number of methoxy groups -OCH3 is 1. The van der Waals surface area contributed by atoms with Crippen molar-refractivity contribution < 1.29 is 17.9 Å². The highest BCUT2D eigenvalue weighted by atomic mass is 32.2. The van der Waals surface area contributed by atoms with E-state index in [1.807, 2.05) is 0 Å². The normalized spacial score (nSPS) is 16.5. The van der Waals surface area contributed by atoms with E-state index in [1.54, 1.807) is 18.2 Å². The number of aromatic nitrogens is 4. The summed E-state index contributed by atoms with van der Waals surface area (Å²) in [5, 5.41) is 0. The molecule has 0 bridgehead atoms. The van der Waals surface area contributed by atoms with Crippen LogP contribution >= 0.6 is 11.7 Å². The zero-order valence-electron chi connectivity index (χ0n) is 14.5. The minimum atomic E-state index is -3.63. The number of hydrogen-bond donors (Lipinski definition) is 0. The Morgan fingerprint density at radius 1 is 1.15 bits per heavy atom. The van der Waals surface area contributed by atoms with E-state index in [-0.39, 0.29) is 17.0 Å². The lowest BCUT2D eigenvalue weighted by Gasteiger charge is -2.30. The third-order valence-electron chi connectivity index (χ3n) is 4.38.